The Balaban J connectivity index is 2.32. The number of esters is 1. The molecular formula is C15H27NO3. The van der Waals surface area contributed by atoms with Gasteiger partial charge in [-0.3, -0.25) is 9.59 Å². The molecule has 0 bridgehead atoms. The summed E-state index contributed by atoms with van der Waals surface area (Å²) in [6, 6.07) is 0. The van der Waals surface area contributed by atoms with Gasteiger partial charge in [-0.05, 0) is 32.6 Å². The molecule has 0 aromatic heterocycles. The lowest BCUT2D eigenvalue weighted by Gasteiger charge is -2.22. The molecule has 1 fully saturated rings. The number of carbonyl (C=O) groups is 2. The minimum absolute atomic E-state index is 0.0591. The minimum atomic E-state index is -0.659. The van der Waals surface area contributed by atoms with Crippen LogP contribution in [0.25, 0.3) is 0 Å². The van der Waals surface area contributed by atoms with Crippen LogP contribution in [0, 0.1) is 11.3 Å². The highest BCUT2D eigenvalue weighted by molar-refractivity contribution is 5.79. The van der Waals surface area contributed by atoms with Crippen molar-refractivity contribution in [3.8, 4) is 0 Å². The third-order valence-electron chi connectivity index (χ3n) is 3.91. The van der Waals surface area contributed by atoms with E-state index >= 15 is 0 Å². The highest BCUT2D eigenvalue weighted by Crippen LogP contribution is 2.25. The molecule has 0 radical (unpaired) electrons. The van der Waals surface area contributed by atoms with Crippen LogP contribution in [0.4, 0.5) is 0 Å². The number of rotatable bonds is 5. The van der Waals surface area contributed by atoms with E-state index in [0.29, 0.717) is 18.9 Å². The SMILES string of the molecule is COC(=O)C(C)(C)CNC(=O)CC1CCCCCC1. The van der Waals surface area contributed by atoms with Crippen molar-refractivity contribution in [2.75, 3.05) is 13.7 Å². The van der Waals surface area contributed by atoms with Gasteiger partial charge in [0, 0.05) is 13.0 Å². The Morgan fingerprint density at radius 3 is 2.26 bits per heavy atom. The van der Waals surface area contributed by atoms with Crippen LogP contribution in [0.2, 0.25) is 0 Å². The summed E-state index contributed by atoms with van der Waals surface area (Å²) in [7, 11) is 1.37. The second kappa shape index (κ2) is 7.51. The summed E-state index contributed by atoms with van der Waals surface area (Å²) in [5.74, 6) is 0.287. The van der Waals surface area contributed by atoms with E-state index in [-0.39, 0.29) is 11.9 Å². The molecule has 1 N–H and O–H groups in total. The first-order valence-electron chi connectivity index (χ1n) is 7.31. The van der Waals surface area contributed by atoms with Gasteiger partial charge >= 0.3 is 5.97 Å². The smallest absolute Gasteiger partial charge is 0.313 e. The van der Waals surface area contributed by atoms with Crippen molar-refractivity contribution in [3.05, 3.63) is 0 Å². The summed E-state index contributed by atoms with van der Waals surface area (Å²) in [6.07, 6.45) is 8.00. The first-order chi connectivity index (χ1) is 8.95. The van der Waals surface area contributed by atoms with Crippen molar-refractivity contribution >= 4 is 11.9 Å². The second-order valence-electron chi connectivity index (χ2n) is 6.21. The molecule has 0 unspecified atom stereocenters. The van der Waals surface area contributed by atoms with E-state index in [1.54, 1.807) is 13.8 Å². The van der Waals surface area contributed by atoms with E-state index < -0.39 is 5.41 Å². The summed E-state index contributed by atoms with van der Waals surface area (Å²) in [4.78, 5) is 23.4. The van der Waals surface area contributed by atoms with Crippen LogP contribution in [-0.2, 0) is 14.3 Å². The van der Waals surface area contributed by atoms with Crippen molar-refractivity contribution in [1.82, 2.24) is 5.32 Å². The summed E-state index contributed by atoms with van der Waals surface area (Å²) in [6.45, 7) is 3.90. The molecule has 0 atom stereocenters. The third kappa shape index (κ3) is 5.62. The van der Waals surface area contributed by atoms with E-state index in [1.165, 1.54) is 32.8 Å². The first kappa shape index (κ1) is 16.0. The standard InChI is InChI=1S/C15H27NO3/c1-15(2,14(18)19-3)11-16-13(17)10-12-8-6-4-5-7-9-12/h12H,4-11H2,1-3H3,(H,16,17). The number of ether oxygens (including phenoxy) is 1. The molecule has 1 aliphatic rings. The van der Waals surface area contributed by atoms with Crippen LogP contribution < -0.4 is 5.32 Å². The number of hydrogen-bond acceptors (Lipinski definition) is 3. The zero-order valence-electron chi connectivity index (χ0n) is 12.5. The van der Waals surface area contributed by atoms with Crippen molar-refractivity contribution in [2.24, 2.45) is 11.3 Å². The minimum Gasteiger partial charge on any atom is -0.469 e. The van der Waals surface area contributed by atoms with E-state index in [1.807, 2.05) is 0 Å². The molecule has 19 heavy (non-hydrogen) atoms. The Bertz CT molecular complexity index is 305. The van der Waals surface area contributed by atoms with E-state index in [9.17, 15) is 9.59 Å². The zero-order chi connectivity index (χ0) is 14.3. The first-order valence-corrected chi connectivity index (χ1v) is 7.31. The van der Waals surface area contributed by atoms with Gasteiger partial charge in [-0.2, -0.15) is 0 Å². The number of methoxy groups -OCH3 is 1. The predicted molar refractivity (Wildman–Crippen MR) is 74.6 cm³/mol. The van der Waals surface area contributed by atoms with Gasteiger partial charge in [0.2, 0.25) is 5.91 Å². The quantitative estimate of drug-likeness (QED) is 0.616. The normalized spacial score (nSPS) is 17.6. The van der Waals surface area contributed by atoms with Gasteiger partial charge in [0.15, 0.2) is 0 Å². The van der Waals surface area contributed by atoms with Crippen LogP contribution in [0.15, 0.2) is 0 Å². The largest absolute Gasteiger partial charge is 0.469 e. The Morgan fingerprint density at radius 1 is 1.16 bits per heavy atom. The maximum absolute atomic E-state index is 11.9. The monoisotopic (exact) mass is 269 g/mol. The third-order valence-corrected chi connectivity index (χ3v) is 3.91. The molecule has 1 rings (SSSR count). The highest BCUT2D eigenvalue weighted by atomic mass is 16.5. The fourth-order valence-corrected chi connectivity index (χ4v) is 2.57. The highest BCUT2D eigenvalue weighted by Gasteiger charge is 2.29. The van der Waals surface area contributed by atoms with Crippen molar-refractivity contribution in [3.63, 3.8) is 0 Å². The lowest BCUT2D eigenvalue weighted by atomic mass is 9.93. The molecule has 1 aliphatic carbocycles. The molecule has 0 saturated heterocycles. The van der Waals surface area contributed by atoms with Crippen LogP contribution in [0.1, 0.15) is 58.8 Å². The van der Waals surface area contributed by atoms with E-state index in [4.69, 9.17) is 4.74 Å². The van der Waals surface area contributed by atoms with Gasteiger partial charge in [0.25, 0.3) is 0 Å². The molecule has 0 aromatic carbocycles. The van der Waals surface area contributed by atoms with Crippen LogP contribution in [-0.4, -0.2) is 25.5 Å². The fraction of sp³-hybridized carbons (Fsp3) is 0.867. The topological polar surface area (TPSA) is 55.4 Å². The molecule has 1 saturated carbocycles. The van der Waals surface area contributed by atoms with Gasteiger partial charge < -0.3 is 10.1 Å². The predicted octanol–water partition coefficient (Wildman–Crippen LogP) is 2.66. The summed E-state index contributed by atoms with van der Waals surface area (Å²) in [5.41, 5.74) is -0.659. The average molecular weight is 269 g/mol. The van der Waals surface area contributed by atoms with E-state index in [0.717, 1.165) is 12.8 Å². The summed E-state index contributed by atoms with van der Waals surface area (Å²) < 4.78 is 4.72. The Labute approximate surface area is 116 Å². The second-order valence-corrected chi connectivity index (χ2v) is 6.21. The molecule has 0 heterocycles. The van der Waals surface area contributed by atoms with E-state index in [2.05, 4.69) is 5.32 Å². The molecular weight excluding hydrogens is 242 g/mol. The maximum atomic E-state index is 11.9. The summed E-state index contributed by atoms with van der Waals surface area (Å²) >= 11 is 0. The maximum Gasteiger partial charge on any atom is 0.313 e. The molecule has 0 aromatic rings. The van der Waals surface area contributed by atoms with Gasteiger partial charge in [0.1, 0.15) is 0 Å². The van der Waals surface area contributed by atoms with Gasteiger partial charge in [0.05, 0.1) is 12.5 Å². The summed E-state index contributed by atoms with van der Waals surface area (Å²) in [5, 5.41) is 2.87. The molecule has 1 amide bonds. The molecule has 4 nitrogen and oxygen atoms in total. The van der Waals surface area contributed by atoms with Gasteiger partial charge in [-0.1, -0.05) is 25.7 Å². The van der Waals surface area contributed by atoms with Crippen LogP contribution in [0.3, 0.4) is 0 Å². The average Bonchev–Trinajstić information content (AvgIpc) is 2.64. The lowest BCUT2D eigenvalue weighted by molar-refractivity contribution is -0.150. The zero-order valence-corrected chi connectivity index (χ0v) is 12.5. The van der Waals surface area contributed by atoms with Crippen molar-refractivity contribution < 1.29 is 14.3 Å². The van der Waals surface area contributed by atoms with Crippen molar-refractivity contribution in [1.29, 1.82) is 0 Å². The number of amides is 1. The van der Waals surface area contributed by atoms with Crippen LogP contribution >= 0.6 is 0 Å². The number of nitrogens with one attached hydrogen (secondary N) is 1. The Kier molecular flexibility index (Phi) is 6.32. The van der Waals surface area contributed by atoms with Crippen molar-refractivity contribution in [2.45, 2.75) is 58.8 Å². The molecule has 0 spiro atoms. The molecule has 4 heteroatoms. The fourth-order valence-electron chi connectivity index (χ4n) is 2.57. The number of hydrogen-bond donors (Lipinski definition) is 1. The van der Waals surface area contributed by atoms with Gasteiger partial charge in [-0.25, -0.2) is 0 Å². The van der Waals surface area contributed by atoms with Crippen LogP contribution in [0.5, 0.6) is 0 Å². The Hall–Kier alpha value is -1.06. The van der Waals surface area contributed by atoms with Gasteiger partial charge in [-0.15, -0.1) is 0 Å². The molecule has 110 valence electrons. The molecule has 0 aliphatic heterocycles. The lowest BCUT2D eigenvalue weighted by Crippen LogP contribution is -2.40. The number of carbonyl (C=O) groups excluding carboxylic acids is 2. The Morgan fingerprint density at radius 2 is 1.74 bits per heavy atom.